The molecule has 2 N–H and O–H groups in total. The van der Waals surface area contributed by atoms with Crippen molar-refractivity contribution < 1.29 is 31.5 Å². The minimum absolute atomic E-state index is 0.0338. The number of sulfonamides is 1. The highest BCUT2D eigenvalue weighted by Gasteiger charge is 2.46. The molecule has 0 spiro atoms. The number of benzene rings is 2. The molecule has 3 fully saturated rings. The quantitative estimate of drug-likeness (QED) is 0.464. The third-order valence-electron chi connectivity index (χ3n) is 9.01. The molecule has 0 unspecified atom stereocenters. The molecule has 2 amide bonds. The van der Waals surface area contributed by atoms with Gasteiger partial charge in [-0.05, 0) is 100.0 Å². The van der Waals surface area contributed by atoms with Gasteiger partial charge >= 0.3 is 6.09 Å². The number of hydrogen-bond acceptors (Lipinski definition) is 6. The topological polar surface area (TPSA) is 113 Å². The molecule has 0 saturated carbocycles. The largest absolute Gasteiger partial charge is 0.448 e. The number of halogens is 3. The summed E-state index contributed by atoms with van der Waals surface area (Å²) >= 11 is 5.99. The number of carbonyl (C=O) groups excluding carboxylic acids is 2. The maximum absolute atomic E-state index is 14.2. The van der Waals surface area contributed by atoms with Gasteiger partial charge in [-0.1, -0.05) is 18.0 Å². The van der Waals surface area contributed by atoms with Crippen molar-refractivity contribution in [1.82, 2.24) is 14.1 Å². The summed E-state index contributed by atoms with van der Waals surface area (Å²) in [5.41, 5.74) is 5.26. The number of nitrogens with two attached hydrogens (primary N) is 1. The van der Waals surface area contributed by atoms with Crippen LogP contribution in [0.25, 0.3) is 0 Å². The summed E-state index contributed by atoms with van der Waals surface area (Å²) in [6.07, 6.45) is 4.56. The first kappa shape index (κ1) is 31.6. The average molecular weight is 639 g/mol. The highest BCUT2D eigenvalue weighted by atomic mass is 35.5. The molecular formula is C30H37ClF2N4O5S. The number of ether oxygens (including phenoxy) is 1. The molecule has 0 aliphatic carbocycles. The van der Waals surface area contributed by atoms with Gasteiger partial charge in [0.25, 0.3) is 0 Å². The van der Waals surface area contributed by atoms with E-state index in [0.29, 0.717) is 37.1 Å². The standard InChI is InChI=1S/C30H37ClF2N4O5S/c31-22-7-9-26(10-8-22)43(40,41)37-25(5-4-6-27(37)21-17-23(32)19-24(33)18-21)20-42-29(39)35-15-11-30(12-16-35,28(34)38)36-13-2-1-3-14-36/h7-10,17-19,25,27H,1-6,11-16,20H2,(H2,34,38)/t25-,27+/m1/s1. The lowest BCUT2D eigenvalue weighted by molar-refractivity contribution is -0.134. The second-order valence-electron chi connectivity index (χ2n) is 11.6. The fourth-order valence-corrected chi connectivity index (χ4v) is 8.71. The molecule has 3 heterocycles. The van der Waals surface area contributed by atoms with E-state index in [2.05, 4.69) is 4.90 Å². The van der Waals surface area contributed by atoms with Gasteiger partial charge in [0.2, 0.25) is 15.9 Å². The first-order valence-electron chi connectivity index (χ1n) is 14.7. The Labute approximate surface area is 255 Å². The van der Waals surface area contributed by atoms with Crippen molar-refractivity contribution in [2.45, 2.75) is 73.9 Å². The molecule has 234 valence electrons. The summed E-state index contributed by atoms with van der Waals surface area (Å²) in [4.78, 5) is 29.4. The normalized spacial score (nSPS) is 23.6. The number of rotatable bonds is 7. The first-order chi connectivity index (χ1) is 20.5. The molecule has 3 aliphatic rings. The molecule has 0 aromatic heterocycles. The van der Waals surface area contributed by atoms with Crippen molar-refractivity contribution in [3.05, 3.63) is 64.7 Å². The van der Waals surface area contributed by atoms with Gasteiger partial charge in [0.1, 0.15) is 23.8 Å². The van der Waals surface area contributed by atoms with E-state index in [-0.39, 0.29) is 36.1 Å². The highest BCUT2D eigenvalue weighted by Crippen LogP contribution is 2.40. The molecular weight excluding hydrogens is 602 g/mol. The summed E-state index contributed by atoms with van der Waals surface area (Å²) in [7, 11) is -4.19. The number of piperidine rings is 3. The van der Waals surface area contributed by atoms with Crippen LogP contribution in [0.15, 0.2) is 47.4 Å². The van der Waals surface area contributed by atoms with E-state index in [4.69, 9.17) is 22.1 Å². The second kappa shape index (κ2) is 13.1. The van der Waals surface area contributed by atoms with E-state index in [1.165, 1.54) is 33.5 Å². The molecule has 43 heavy (non-hydrogen) atoms. The minimum atomic E-state index is -4.19. The van der Waals surface area contributed by atoms with Crippen LogP contribution in [0, 0.1) is 11.6 Å². The summed E-state index contributed by atoms with van der Waals surface area (Å²) in [6.45, 7) is 1.90. The minimum Gasteiger partial charge on any atom is -0.448 e. The third-order valence-corrected chi connectivity index (χ3v) is 11.2. The Kier molecular flexibility index (Phi) is 9.60. The van der Waals surface area contributed by atoms with Gasteiger partial charge in [-0.15, -0.1) is 0 Å². The van der Waals surface area contributed by atoms with Gasteiger partial charge in [-0.25, -0.2) is 22.0 Å². The second-order valence-corrected chi connectivity index (χ2v) is 13.9. The summed E-state index contributed by atoms with van der Waals surface area (Å²) in [5.74, 6) is -2.00. The fraction of sp³-hybridized carbons (Fsp3) is 0.533. The monoisotopic (exact) mass is 638 g/mol. The number of amides is 2. The SMILES string of the molecule is NC(=O)C1(N2CCCCC2)CCN(C(=O)OC[C@H]2CCC[C@@H](c3cc(F)cc(F)c3)N2S(=O)(=O)c2ccc(Cl)cc2)CC1. The van der Waals surface area contributed by atoms with Crippen molar-refractivity contribution in [2.75, 3.05) is 32.8 Å². The Bertz CT molecular complexity index is 1410. The van der Waals surface area contributed by atoms with Crippen molar-refractivity contribution >= 4 is 33.6 Å². The zero-order chi connectivity index (χ0) is 30.8. The van der Waals surface area contributed by atoms with Crippen molar-refractivity contribution in [3.63, 3.8) is 0 Å². The van der Waals surface area contributed by atoms with Crippen LogP contribution >= 0.6 is 11.6 Å². The lowest BCUT2D eigenvalue weighted by Crippen LogP contribution is -2.63. The number of nitrogens with zero attached hydrogens (tertiary/aromatic N) is 3. The smallest absolute Gasteiger partial charge is 0.409 e. The number of likely N-dealkylation sites (tertiary alicyclic amines) is 2. The predicted octanol–water partition coefficient (Wildman–Crippen LogP) is 4.85. The van der Waals surface area contributed by atoms with Crippen LogP contribution in [0.4, 0.5) is 13.6 Å². The van der Waals surface area contributed by atoms with Gasteiger partial charge in [-0.2, -0.15) is 4.31 Å². The number of carbonyl (C=O) groups is 2. The lowest BCUT2D eigenvalue weighted by Gasteiger charge is -2.47. The average Bonchev–Trinajstić information content (AvgIpc) is 2.99. The summed E-state index contributed by atoms with van der Waals surface area (Å²) in [5, 5.41) is 0.356. The van der Waals surface area contributed by atoms with E-state index in [1.54, 1.807) is 0 Å². The van der Waals surface area contributed by atoms with Gasteiger partial charge in [0.15, 0.2) is 0 Å². The van der Waals surface area contributed by atoms with Gasteiger partial charge in [0, 0.05) is 24.2 Å². The molecule has 3 aliphatic heterocycles. The fourth-order valence-electron chi connectivity index (χ4n) is 6.74. The summed E-state index contributed by atoms with van der Waals surface area (Å²) < 4.78 is 63.3. The van der Waals surface area contributed by atoms with Crippen LogP contribution in [0.1, 0.15) is 63.0 Å². The van der Waals surface area contributed by atoms with Crippen LogP contribution in [0.5, 0.6) is 0 Å². The number of hydrogen-bond donors (Lipinski definition) is 1. The van der Waals surface area contributed by atoms with Crippen molar-refractivity contribution in [3.8, 4) is 0 Å². The lowest BCUT2D eigenvalue weighted by atomic mass is 9.83. The predicted molar refractivity (Wildman–Crippen MR) is 157 cm³/mol. The third kappa shape index (κ3) is 6.67. The maximum Gasteiger partial charge on any atom is 0.409 e. The van der Waals surface area contributed by atoms with Crippen molar-refractivity contribution in [2.24, 2.45) is 5.73 Å². The maximum atomic E-state index is 14.2. The summed E-state index contributed by atoms with van der Waals surface area (Å²) in [6, 6.07) is 7.00. The molecule has 2 atom stereocenters. The molecule has 3 saturated heterocycles. The highest BCUT2D eigenvalue weighted by molar-refractivity contribution is 7.89. The van der Waals surface area contributed by atoms with Crippen LogP contribution in [-0.2, 0) is 19.6 Å². The van der Waals surface area contributed by atoms with E-state index < -0.39 is 45.4 Å². The van der Waals surface area contributed by atoms with E-state index in [0.717, 1.165) is 50.6 Å². The van der Waals surface area contributed by atoms with E-state index in [1.807, 2.05) is 0 Å². The molecule has 13 heteroatoms. The molecule has 2 aromatic rings. The molecule has 9 nitrogen and oxygen atoms in total. The zero-order valence-corrected chi connectivity index (χ0v) is 25.5. The first-order valence-corrected chi connectivity index (χ1v) is 16.5. The van der Waals surface area contributed by atoms with Crippen LogP contribution in [-0.4, -0.2) is 78.9 Å². The van der Waals surface area contributed by atoms with Crippen LogP contribution in [0.2, 0.25) is 5.02 Å². The Morgan fingerprint density at radius 2 is 1.56 bits per heavy atom. The molecule has 0 bridgehead atoms. The van der Waals surface area contributed by atoms with Crippen LogP contribution < -0.4 is 5.73 Å². The van der Waals surface area contributed by atoms with E-state index >= 15 is 0 Å². The number of primary amides is 1. The Balaban J connectivity index is 1.33. The van der Waals surface area contributed by atoms with Crippen LogP contribution in [0.3, 0.4) is 0 Å². The Hall–Kier alpha value is -2.80. The Morgan fingerprint density at radius 3 is 2.16 bits per heavy atom. The molecule has 0 radical (unpaired) electrons. The zero-order valence-electron chi connectivity index (χ0n) is 23.9. The Morgan fingerprint density at radius 1 is 0.930 bits per heavy atom. The van der Waals surface area contributed by atoms with Gasteiger partial charge < -0.3 is 15.4 Å². The van der Waals surface area contributed by atoms with Gasteiger partial charge in [-0.3, -0.25) is 9.69 Å². The van der Waals surface area contributed by atoms with Gasteiger partial charge in [0.05, 0.1) is 17.0 Å². The van der Waals surface area contributed by atoms with Crippen molar-refractivity contribution in [1.29, 1.82) is 0 Å². The molecule has 2 aromatic carbocycles. The molecule has 5 rings (SSSR count). The van der Waals surface area contributed by atoms with E-state index in [9.17, 15) is 26.8 Å².